The molecule has 0 aliphatic carbocycles. The van der Waals surface area contributed by atoms with E-state index in [4.69, 9.17) is 5.11 Å². The normalized spacial score (nSPS) is 12.7. The molecule has 0 saturated carbocycles. The van der Waals surface area contributed by atoms with Crippen LogP contribution in [0.1, 0.15) is 39.0 Å². The minimum Gasteiger partial charge on any atom is -0.481 e. The summed E-state index contributed by atoms with van der Waals surface area (Å²) < 4.78 is 0. The Bertz CT molecular complexity index is 137. The highest BCUT2D eigenvalue weighted by Crippen LogP contribution is 2.14. The van der Waals surface area contributed by atoms with E-state index in [1.807, 2.05) is 0 Å². The highest BCUT2D eigenvalue weighted by atomic mass is 17.2. The zero-order valence-electron chi connectivity index (χ0n) is 8.99. The third kappa shape index (κ3) is 6.86. The largest absolute Gasteiger partial charge is 0.481 e. The van der Waals surface area contributed by atoms with Gasteiger partial charge in [0.2, 0.25) is 0 Å². The Morgan fingerprint density at radius 1 is 1.36 bits per heavy atom. The number of rotatable bonds is 9. The molecule has 14 heavy (non-hydrogen) atoms. The second-order valence-electron chi connectivity index (χ2n) is 3.31. The van der Waals surface area contributed by atoms with E-state index in [0.29, 0.717) is 13.0 Å². The summed E-state index contributed by atoms with van der Waals surface area (Å²) >= 11 is 0. The average molecular weight is 204 g/mol. The quantitative estimate of drug-likeness (QED) is 0.355. The highest BCUT2D eigenvalue weighted by molar-refractivity contribution is 5.69. The van der Waals surface area contributed by atoms with Crippen molar-refractivity contribution in [2.24, 2.45) is 5.92 Å². The molecule has 0 aromatic heterocycles. The molecule has 0 spiro atoms. The van der Waals surface area contributed by atoms with Crippen molar-refractivity contribution in [1.29, 1.82) is 0 Å². The lowest BCUT2D eigenvalue weighted by Crippen LogP contribution is -2.16. The first-order valence-corrected chi connectivity index (χ1v) is 5.10. The van der Waals surface area contributed by atoms with E-state index in [1.54, 1.807) is 0 Å². The minimum atomic E-state index is -0.735. The van der Waals surface area contributed by atoms with Gasteiger partial charge in [-0.1, -0.05) is 26.2 Å². The van der Waals surface area contributed by atoms with Crippen molar-refractivity contribution in [3.05, 3.63) is 0 Å². The molecule has 4 nitrogen and oxygen atoms in total. The van der Waals surface area contributed by atoms with E-state index in [2.05, 4.69) is 16.7 Å². The van der Waals surface area contributed by atoms with Gasteiger partial charge in [-0.2, -0.15) is 0 Å². The minimum absolute atomic E-state index is 0.295. The Kier molecular flexibility index (Phi) is 8.57. The molecule has 0 aromatic rings. The van der Waals surface area contributed by atoms with Crippen LogP contribution >= 0.6 is 0 Å². The van der Waals surface area contributed by atoms with Gasteiger partial charge < -0.3 is 5.11 Å². The Morgan fingerprint density at radius 3 is 2.57 bits per heavy atom. The summed E-state index contributed by atoms with van der Waals surface area (Å²) in [6, 6.07) is 0. The van der Waals surface area contributed by atoms with Crippen molar-refractivity contribution in [3.8, 4) is 0 Å². The van der Waals surface area contributed by atoms with Gasteiger partial charge in [-0.25, -0.2) is 9.78 Å². The maximum Gasteiger partial charge on any atom is 0.306 e. The van der Waals surface area contributed by atoms with E-state index in [0.717, 1.165) is 25.7 Å². The standard InChI is InChI=1S/C10H20O4/c1-3-4-5-6-9(10(11)12)7-8-14-13-2/h9H,3-8H2,1-2H3,(H,11,12). The van der Waals surface area contributed by atoms with Crippen LogP contribution in [0.3, 0.4) is 0 Å². The Hall–Kier alpha value is -0.610. The van der Waals surface area contributed by atoms with Crippen LogP contribution in [0.2, 0.25) is 0 Å². The smallest absolute Gasteiger partial charge is 0.306 e. The van der Waals surface area contributed by atoms with Gasteiger partial charge in [-0.15, -0.1) is 0 Å². The Balaban J connectivity index is 3.61. The summed E-state index contributed by atoms with van der Waals surface area (Å²) in [7, 11) is 1.42. The van der Waals surface area contributed by atoms with Gasteiger partial charge in [-0.3, -0.25) is 4.79 Å². The molecule has 0 saturated heterocycles. The van der Waals surface area contributed by atoms with Gasteiger partial charge in [0.25, 0.3) is 0 Å². The van der Waals surface area contributed by atoms with Crippen LogP contribution in [-0.2, 0) is 14.6 Å². The van der Waals surface area contributed by atoms with Crippen LogP contribution in [0.25, 0.3) is 0 Å². The monoisotopic (exact) mass is 204 g/mol. The number of carbonyl (C=O) groups is 1. The first-order valence-electron chi connectivity index (χ1n) is 5.10. The Morgan fingerprint density at radius 2 is 2.07 bits per heavy atom. The lowest BCUT2D eigenvalue weighted by molar-refractivity contribution is -0.274. The maximum absolute atomic E-state index is 10.8. The van der Waals surface area contributed by atoms with Crippen molar-refractivity contribution < 1.29 is 19.7 Å². The highest BCUT2D eigenvalue weighted by Gasteiger charge is 2.16. The third-order valence-electron chi connectivity index (χ3n) is 2.17. The van der Waals surface area contributed by atoms with Crippen molar-refractivity contribution in [2.75, 3.05) is 13.7 Å². The fourth-order valence-electron chi connectivity index (χ4n) is 1.31. The van der Waals surface area contributed by atoms with Crippen LogP contribution in [0, 0.1) is 5.92 Å². The van der Waals surface area contributed by atoms with E-state index < -0.39 is 5.97 Å². The van der Waals surface area contributed by atoms with Crippen molar-refractivity contribution in [2.45, 2.75) is 39.0 Å². The number of carboxylic acid groups (broad SMARTS) is 1. The summed E-state index contributed by atoms with van der Waals surface area (Å²) in [4.78, 5) is 19.9. The van der Waals surface area contributed by atoms with Gasteiger partial charge in [0.1, 0.15) is 0 Å². The van der Waals surface area contributed by atoms with Gasteiger partial charge >= 0.3 is 5.97 Å². The molecule has 0 radical (unpaired) electrons. The second kappa shape index (κ2) is 8.97. The molecule has 0 bridgehead atoms. The van der Waals surface area contributed by atoms with E-state index in [-0.39, 0.29) is 5.92 Å². The van der Waals surface area contributed by atoms with Crippen LogP contribution in [0.5, 0.6) is 0 Å². The molecule has 0 aliphatic rings. The van der Waals surface area contributed by atoms with Crippen molar-refractivity contribution in [1.82, 2.24) is 0 Å². The first-order chi connectivity index (χ1) is 6.72. The molecule has 84 valence electrons. The number of unbranched alkanes of at least 4 members (excludes halogenated alkanes) is 2. The molecule has 1 N–H and O–H groups in total. The van der Waals surface area contributed by atoms with Crippen LogP contribution in [0.4, 0.5) is 0 Å². The first kappa shape index (κ1) is 13.4. The van der Waals surface area contributed by atoms with Gasteiger partial charge in [0.15, 0.2) is 0 Å². The SMILES string of the molecule is CCCCCC(CCOOC)C(=O)O. The fourth-order valence-corrected chi connectivity index (χ4v) is 1.31. The molecule has 0 heterocycles. The van der Waals surface area contributed by atoms with Crippen LogP contribution in [-0.4, -0.2) is 24.8 Å². The maximum atomic E-state index is 10.8. The lowest BCUT2D eigenvalue weighted by Gasteiger charge is -2.10. The molecule has 1 unspecified atom stereocenters. The molecule has 1 atom stereocenters. The van der Waals surface area contributed by atoms with Crippen molar-refractivity contribution in [3.63, 3.8) is 0 Å². The summed E-state index contributed by atoms with van der Waals surface area (Å²) in [6.07, 6.45) is 4.43. The molecule has 0 rings (SSSR count). The zero-order valence-corrected chi connectivity index (χ0v) is 8.99. The molecular formula is C10H20O4. The average Bonchev–Trinajstić information content (AvgIpc) is 2.15. The number of hydrogen-bond donors (Lipinski definition) is 1. The fraction of sp³-hybridized carbons (Fsp3) is 0.900. The summed E-state index contributed by atoms with van der Waals surface area (Å²) in [5.74, 6) is -1.03. The topological polar surface area (TPSA) is 55.8 Å². The van der Waals surface area contributed by atoms with Crippen LogP contribution < -0.4 is 0 Å². The van der Waals surface area contributed by atoms with Gasteiger partial charge in [0.05, 0.1) is 19.6 Å². The summed E-state index contributed by atoms with van der Waals surface area (Å²) in [6.45, 7) is 2.45. The van der Waals surface area contributed by atoms with Gasteiger partial charge in [-0.05, 0) is 12.8 Å². The number of aliphatic carboxylic acids is 1. The molecule has 0 fully saturated rings. The van der Waals surface area contributed by atoms with Crippen molar-refractivity contribution >= 4 is 5.97 Å². The van der Waals surface area contributed by atoms with E-state index in [1.165, 1.54) is 7.11 Å². The molecule has 0 aromatic carbocycles. The predicted octanol–water partition coefficient (Wildman–Crippen LogP) is 2.24. The number of hydrogen-bond acceptors (Lipinski definition) is 3. The lowest BCUT2D eigenvalue weighted by atomic mass is 9.98. The van der Waals surface area contributed by atoms with Gasteiger partial charge in [0, 0.05) is 0 Å². The predicted molar refractivity (Wildman–Crippen MR) is 52.8 cm³/mol. The molecular weight excluding hydrogens is 184 g/mol. The van der Waals surface area contributed by atoms with E-state index >= 15 is 0 Å². The van der Waals surface area contributed by atoms with Crippen LogP contribution in [0.15, 0.2) is 0 Å². The molecule has 4 heteroatoms. The molecule has 0 aliphatic heterocycles. The summed E-state index contributed by atoms with van der Waals surface area (Å²) in [5, 5.41) is 8.88. The third-order valence-corrected chi connectivity index (χ3v) is 2.17. The number of carboxylic acids is 1. The molecule has 0 amide bonds. The summed E-state index contributed by atoms with van der Waals surface area (Å²) in [5.41, 5.74) is 0. The Labute approximate surface area is 85.1 Å². The zero-order chi connectivity index (χ0) is 10.8. The van der Waals surface area contributed by atoms with E-state index in [9.17, 15) is 4.79 Å². The second-order valence-corrected chi connectivity index (χ2v) is 3.31.